The van der Waals surface area contributed by atoms with Crippen molar-refractivity contribution < 1.29 is 14.0 Å². The highest BCUT2D eigenvalue weighted by Gasteiger charge is 2.39. The molecule has 0 radical (unpaired) electrons. The van der Waals surface area contributed by atoms with Crippen molar-refractivity contribution in [1.29, 1.82) is 0 Å². The third-order valence-corrected chi connectivity index (χ3v) is 5.73. The molecule has 2 atom stereocenters. The Kier molecular flexibility index (Phi) is 4.46. The van der Waals surface area contributed by atoms with Crippen molar-refractivity contribution in [2.75, 3.05) is 37.6 Å². The summed E-state index contributed by atoms with van der Waals surface area (Å²) < 4.78 is 13.1. The summed E-state index contributed by atoms with van der Waals surface area (Å²) in [7, 11) is 0. The lowest BCUT2D eigenvalue weighted by atomic mass is 10.1. The van der Waals surface area contributed by atoms with Crippen molar-refractivity contribution >= 4 is 17.5 Å². The van der Waals surface area contributed by atoms with Gasteiger partial charge in [0, 0.05) is 44.3 Å². The zero-order valence-electron chi connectivity index (χ0n) is 14.4. The summed E-state index contributed by atoms with van der Waals surface area (Å²) in [5, 5.41) is 0. The maximum atomic E-state index is 13.1. The van der Waals surface area contributed by atoms with E-state index in [0.717, 1.165) is 39.0 Å². The lowest BCUT2D eigenvalue weighted by Crippen LogP contribution is -2.42. The van der Waals surface area contributed by atoms with Gasteiger partial charge >= 0.3 is 0 Å². The molecule has 3 saturated heterocycles. The van der Waals surface area contributed by atoms with Gasteiger partial charge in [0.05, 0.1) is 5.92 Å². The van der Waals surface area contributed by atoms with Gasteiger partial charge in [-0.1, -0.05) is 0 Å². The number of fused-ring (bicyclic) bond motifs is 1. The minimum absolute atomic E-state index is 0.0535. The van der Waals surface area contributed by atoms with Crippen LogP contribution >= 0.6 is 0 Å². The molecule has 2 amide bonds. The topological polar surface area (TPSA) is 43.9 Å². The fourth-order valence-corrected chi connectivity index (χ4v) is 4.41. The van der Waals surface area contributed by atoms with E-state index >= 15 is 0 Å². The molecule has 5 nitrogen and oxygen atoms in total. The van der Waals surface area contributed by atoms with Gasteiger partial charge in [0.1, 0.15) is 5.82 Å². The highest BCUT2D eigenvalue weighted by atomic mass is 19.1. The molecule has 0 N–H and O–H groups in total. The summed E-state index contributed by atoms with van der Waals surface area (Å²) in [5.74, 6) is -0.562. The van der Waals surface area contributed by atoms with Crippen molar-refractivity contribution in [2.24, 2.45) is 5.92 Å². The van der Waals surface area contributed by atoms with Crippen LogP contribution in [0, 0.1) is 11.7 Å². The Labute approximate surface area is 147 Å². The Morgan fingerprint density at radius 3 is 2.60 bits per heavy atom. The van der Waals surface area contributed by atoms with E-state index in [2.05, 4.69) is 4.90 Å². The molecule has 0 bridgehead atoms. The number of hydrogen-bond acceptors (Lipinski definition) is 3. The molecule has 3 fully saturated rings. The Balaban J connectivity index is 1.44. The van der Waals surface area contributed by atoms with E-state index in [-0.39, 0.29) is 30.0 Å². The van der Waals surface area contributed by atoms with Crippen molar-refractivity contribution in [3.8, 4) is 0 Å². The molecule has 0 unspecified atom stereocenters. The van der Waals surface area contributed by atoms with Crippen molar-refractivity contribution in [2.45, 2.75) is 31.7 Å². The maximum Gasteiger partial charge on any atom is 0.228 e. The van der Waals surface area contributed by atoms with E-state index in [4.69, 9.17) is 0 Å². The molecular weight excluding hydrogens is 321 g/mol. The standard InChI is InChI=1S/C19H24FN3O2/c20-15-4-6-16(7-5-15)23-12-14(11-18(23)24)19(25)22-10-2-9-21-8-1-3-17(21)13-22/h4-7,14,17H,1-3,8-13H2/t14-,17-/m1/s1. The minimum Gasteiger partial charge on any atom is -0.341 e. The van der Waals surface area contributed by atoms with Gasteiger partial charge in [0.15, 0.2) is 0 Å². The van der Waals surface area contributed by atoms with Gasteiger partial charge in [-0.15, -0.1) is 0 Å². The van der Waals surface area contributed by atoms with Crippen LogP contribution in [0.1, 0.15) is 25.7 Å². The van der Waals surface area contributed by atoms with Crippen LogP contribution in [-0.4, -0.2) is 60.4 Å². The second kappa shape index (κ2) is 6.75. The van der Waals surface area contributed by atoms with Crippen LogP contribution in [-0.2, 0) is 9.59 Å². The Hall–Kier alpha value is -1.95. The lowest BCUT2D eigenvalue weighted by molar-refractivity contribution is -0.136. The summed E-state index contributed by atoms with van der Waals surface area (Å²) in [4.78, 5) is 31.4. The van der Waals surface area contributed by atoms with Gasteiger partial charge in [-0.25, -0.2) is 4.39 Å². The van der Waals surface area contributed by atoms with Crippen LogP contribution in [0.4, 0.5) is 10.1 Å². The Morgan fingerprint density at radius 1 is 1.04 bits per heavy atom. The second-order valence-electron chi connectivity index (χ2n) is 7.35. The van der Waals surface area contributed by atoms with E-state index in [1.807, 2.05) is 4.90 Å². The molecule has 1 aromatic rings. The third-order valence-electron chi connectivity index (χ3n) is 5.73. The highest BCUT2D eigenvalue weighted by molar-refractivity contribution is 6.00. The monoisotopic (exact) mass is 345 g/mol. The fraction of sp³-hybridized carbons (Fsp3) is 0.579. The molecule has 25 heavy (non-hydrogen) atoms. The number of carbonyl (C=O) groups excluding carboxylic acids is 2. The molecule has 0 spiro atoms. The zero-order valence-corrected chi connectivity index (χ0v) is 14.4. The summed E-state index contributed by atoms with van der Waals surface area (Å²) in [6.45, 7) is 4.19. The Bertz CT molecular complexity index is 663. The minimum atomic E-state index is -0.325. The van der Waals surface area contributed by atoms with Crippen LogP contribution in [0.15, 0.2) is 24.3 Å². The smallest absolute Gasteiger partial charge is 0.228 e. The van der Waals surface area contributed by atoms with Crippen LogP contribution < -0.4 is 4.90 Å². The molecule has 3 aliphatic rings. The largest absolute Gasteiger partial charge is 0.341 e. The van der Waals surface area contributed by atoms with Crippen molar-refractivity contribution in [3.05, 3.63) is 30.1 Å². The average Bonchev–Trinajstić information content (AvgIpc) is 3.16. The van der Waals surface area contributed by atoms with E-state index in [9.17, 15) is 14.0 Å². The quantitative estimate of drug-likeness (QED) is 0.822. The van der Waals surface area contributed by atoms with Crippen LogP contribution in [0.3, 0.4) is 0 Å². The predicted molar refractivity (Wildman–Crippen MR) is 92.7 cm³/mol. The summed E-state index contributed by atoms with van der Waals surface area (Å²) in [5.41, 5.74) is 0.666. The first-order valence-corrected chi connectivity index (χ1v) is 9.20. The molecular formula is C19H24FN3O2. The number of hydrogen-bond donors (Lipinski definition) is 0. The lowest BCUT2D eigenvalue weighted by Gasteiger charge is -2.27. The number of carbonyl (C=O) groups is 2. The number of nitrogens with zero attached hydrogens (tertiary/aromatic N) is 3. The fourth-order valence-electron chi connectivity index (χ4n) is 4.41. The van der Waals surface area contributed by atoms with Crippen molar-refractivity contribution in [3.63, 3.8) is 0 Å². The zero-order chi connectivity index (χ0) is 17.4. The third kappa shape index (κ3) is 3.27. The van der Waals surface area contributed by atoms with Gasteiger partial charge in [-0.3, -0.25) is 14.5 Å². The molecule has 134 valence electrons. The van der Waals surface area contributed by atoms with Gasteiger partial charge in [0.2, 0.25) is 11.8 Å². The SMILES string of the molecule is O=C([C@@H]1CC(=O)N(c2ccc(F)cc2)C1)N1CCCN2CCC[C@@H]2C1. The first kappa shape index (κ1) is 16.5. The van der Waals surface area contributed by atoms with E-state index in [0.29, 0.717) is 18.3 Å². The van der Waals surface area contributed by atoms with Gasteiger partial charge in [-0.05, 0) is 50.1 Å². The summed E-state index contributed by atoms with van der Waals surface area (Å²) >= 11 is 0. The number of anilines is 1. The molecule has 0 aromatic heterocycles. The van der Waals surface area contributed by atoms with Crippen LogP contribution in [0.2, 0.25) is 0 Å². The van der Waals surface area contributed by atoms with Gasteiger partial charge in [-0.2, -0.15) is 0 Å². The molecule has 0 saturated carbocycles. The molecule has 3 aliphatic heterocycles. The first-order chi connectivity index (χ1) is 12.1. The Morgan fingerprint density at radius 2 is 1.80 bits per heavy atom. The first-order valence-electron chi connectivity index (χ1n) is 9.20. The highest BCUT2D eigenvalue weighted by Crippen LogP contribution is 2.28. The number of benzene rings is 1. The molecule has 6 heteroatoms. The molecule has 0 aliphatic carbocycles. The maximum absolute atomic E-state index is 13.1. The van der Waals surface area contributed by atoms with Gasteiger partial charge < -0.3 is 9.80 Å². The number of halogens is 1. The summed E-state index contributed by atoms with van der Waals surface area (Å²) in [6.07, 6.45) is 3.63. The molecule has 3 heterocycles. The van der Waals surface area contributed by atoms with E-state index in [1.54, 1.807) is 17.0 Å². The van der Waals surface area contributed by atoms with Crippen molar-refractivity contribution in [1.82, 2.24) is 9.80 Å². The van der Waals surface area contributed by atoms with E-state index in [1.165, 1.54) is 18.6 Å². The van der Waals surface area contributed by atoms with Gasteiger partial charge in [0.25, 0.3) is 0 Å². The predicted octanol–water partition coefficient (Wildman–Crippen LogP) is 1.88. The van der Waals surface area contributed by atoms with Crippen LogP contribution in [0.5, 0.6) is 0 Å². The van der Waals surface area contributed by atoms with Crippen LogP contribution in [0.25, 0.3) is 0 Å². The number of amides is 2. The molecule has 4 rings (SSSR count). The normalized spacial score (nSPS) is 27.5. The summed E-state index contributed by atoms with van der Waals surface area (Å²) in [6, 6.07) is 6.38. The number of rotatable bonds is 2. The molecule has 1 aromatic carbocycles. The average molecular weight is 345 g/mol. The second-order valence-corrected chi connectivity index (χ2v) is 7.35. The van der Waals surface area contributed by atoms with E-state index < -0.39 is 0 Å².